The maximum atomic E-state index is 10.7. The minimum Gasteiger partial charge on any atom is -0.503 e. The van der Waals surface area contributed by atoms with Crippen molar-refractivity contribution in [2.24, 2.45) is 0 Å². The number of carbonyl (C=O) groups is 1. The number of aldehydes is 1. The van der Waals surface area contributed by atoms with Gasteiger partial charge in [0.05, 0.1) is 4.47 Å². The quantitative estimate of drug-likeness (QED) is 0.879. The van der Waals surface area contributed by atoms with Crippen LogP contribution in [0.5, 0.6) is 11.5 Å². The molecule has 3 nitrogen and oxygen atoms in total. The van der Waals surface area contributed by atoms with E-state index in [1.807, 2.05) is 30.3 Å². The van der Waals surface area contributed by atoms with E-state index in [2.05, 4.69) is 15.9 Å². The molecular weight excluding hydrogens is 296 g/mol. The van der Waals surface area contributed by atoms with Gasteiger partial charge in [0.25, 0.3) is 0 Å². The molecule has 0 aliphatic carbocycles. The van der Waals surface area contributed by atoms with E-state index in [1.165, 1.54) is 12.1 Å². The van der Waals surface area contributed by atoms with Gasteiger partial charge in [0.2, 0.25) is 0 Å². The van der Waals surface area contributed by atoms with Crippen molar-refractivity contribution in [2.75, 3.05) is 0 Å². The summed E-state index contributed by atoms with van der Waals surface area (Å²) in [6.07, 6.45) is 0.708. The molecule has 0 amide bonds. The number of carbonyl (C=O) groups excluding carboxylic acids is 1. The zero-order chi connectivity index (χ0) is 13.0. The van der Waals surface area contributed by atoms with Crippen molar-refractivity contribution in [2.45, 2.75) is 6.61 Å². The maximum Gasteiger partial charge on any atom is 0.172 e. The maximum absolute atomic E-state index is 10.7. The van der Waals surface area contributed by atoms with Crippen molar-refractivity contribution in [1.82, 2.24) is 0 Å². The summed E-state index contributed by atoms with van der Waals surface area (Å²) in [6, 6.07) is 12.6. The van der Waals surface area contributed by atoms with Crippen LogP contribution in [0.25, 0.3) is 0 Å². The number of aromatic hydroxyl groups is 1. The molecule has 0 aliphatic heterocycles. The molecule has 0 aliphatic rings. The number of phenols is 1. The van der Waals surface area contributed by atoms with Gasteiger partial charge in [-0.1, -0.05) is 30.3 Å². The number of hydrogen-bond acceptors (Lipinski definition) is 3. The summed E-state index contributed by atoms with van der Waals surface area (Å²) in [5, 5.41) is 9.81. The Hall–Kier alpha value is -1.81. The molecular formula is C14H11BrO3. The highest BCUT2D eigenvalue weighted by molar-refractivity contribution is 9.10. The summed E-state index contributed by atoms with van der Waals surface area (Å²) >= 11 is 3.18. The minimum atomic E-state index is -0.00321. The average Bonchev–Trinajstić information content (AvgIpc) is 2.41. The monoisotopic (exact) mass is 306 g/mol. The van der Waals surface area contributed by atoms with Crippen molar-refractivity contribution in [1.29, 1.82) is 0 Å². The highest BCUT2D eigenvalue weighted by Gasteiger charge is 2.09. The van der Waals surface area contributed by atoms with Crippen LogP contribution < -0.4 is 4.74 Å². The zero-order valence-electron chi connectivity index (χ0n) is 9.47. The van der Waals surface area contributed by atoms with E-state index in [0.29, 0.717) is 22.9 Å². The number of hydrogen-bond donors (Lipinski definition) is 1. The van der Waals surface area contributed by atoms with Gasteiger partial charge in [0, 0.05) is 5.56 Å². The van der Waals surface area contributed by atoms with Gasteiger partial charge < -0.3 is 9.84 Å². The average molecular weight is 307 g/mol. The molecule has 0 atom stereocenters. The van der Waals surface area contributed by atoms with E-state index < -0.39 is 0 Å². The lowest BCUT2D eigenvalue weighted by molar-refractivity contribution is 0.112. The fourth-order valence-electron chi connectivity index (χ4n) is 1.51. The van der Waals surface area contributed by atoms with Crippen molar-refractivity contribution in [3.63, 3.8) is 0 Å². The molecule has 0 aromatic heterocycles. The van der Waals surface area contributed by atoms with Gasteiger partial charge >= 0.3 is 0 Å². The van der Waals surface area contributed by atoms with E-state index in [0.717, 1.165) is 5.56 Å². The molecule has 18 heavy (non-hydrogen) atoms. The molecule has 2 aromatic rings. The summed E-state index contributed by atoms with van der Waals surface area (Å²) in [6.45, 7) is 0.336. The number of benzene rings is 2. The lowest BCUT2D eigenvalue weighted by Gasteiger charge is -2.10. The summed E-state index contributed by atoms with van der Waals surface area (Å²) in [7, 11) is 0. The van der Waals surface area contributed by atoms with Gasteiger partial charge in [-0.05, 0) is 33.6 Å². The SMILES string of the molecule is O=Cc1cc(Br)c(O)c(OCc2ccccc2)c1. The Morgan fingerprint density at radius 1 is 1.22 bits per heavy atom. The Morgan fingerprint density at radius 2 is 1.94 bits per heavy atom. The highest BCUT2D eigenvalue weighted by Crippen LogP contribution is 2.35. The largest absolute Gasteiger partial charge is 0.503 e. The van der Waals surface area contributed by atoms with Crippen LogP contribution in [-0.4, -0.2) is 11.4 Å². The van der Waals surface area contributed by atoms with Gasteiger partial charge in [-0.15, -0.1) is 0 Å². The molecule has 2 aromatic carbocycles. The number of ether oxygens (including phenoxy) is 1. The first kappa shape index (κ1) is 12.6. The topological polar surface area (TPSA) is 46.5 Å². The molecule has 4 heteroatoms. The number of phenolic OH excluding ortho intramolecular Hbond substituents is 1. The third-order valence-corrected chi connectivity index (χ3v) is 3.03. The van der Waals surface area contributed by atoms with Crippen molar-refractivity contribution in [3.8, 4) is 11.5 Å². The minimum absolute atomic E-state index is 0.00321. The first-order valence-corrected chi connectivity index (χ1v) is 6.14. The van der Waals surface area contributed by atoms with Gasteiger partial charge in [0.15, 0.2) is 11.5 Å². The lowest BCUT2D eigenvalue weighted by Crippen LogP contribution is -1.96. The molecule has 92 valence electrons. The number of rotatable bonds is 4. The van der Waals surface area contributed by atoms with Crippen LogP contribution in [-0.2, 0) is 6.61 Å². The molecule has 1 N–H and O–H groups in total. The Kier molecular flexibility index (Phi) is 3.99. The van der Waals surface area contributed by atoms with E-state index in [9.17, 15) is 9.90 Å². The zero-order valence-corrected chi connectivity index (χ0v) is 11.1. The van der Waals surface area contributed by atoms with Crippen LogP contribution in [0.1, 0.15) is 15.9 Å². The first-order valence-electron chi connectivity index (χ1n) is 5.35. The molecule has 0 unspecified atom stereocenters. The second kappa shape index (κ2) is 5.69. The molecule has 0 saturated carbocycles. The lowest BCUT2D eigenvalue weighted by atomic mass is 10.2. The Morgan fingerprint density at radius 3 is 2.61 bits per heavy atom. The summed E-state index contributed by atoms with van der Waals surface area (Å²) in [5.41, 5.74) is 1.44. The fraction of sp³-hybridized carbons (Fsp3) is 0.0714. The van der Waals surface area contributed by atoms with E-state index >= 15 is 0 Å². The van der Waals surface area contributed by atoms with Crippen LogP contribution in [0.15, 0.2) is 46.9 Å². The Bertz CT molecular complexity index is 552. The molecule has 2 rings (SSSR count). The summed E-state index contributed by atoms with van der Waals surface area (Å²) < 4.78 is 5.95. The predicted octanol–water partition coefficient (Wildman–Crippen LogP) is 3.55. The standard InChI is InChI=1S/C14H11BrO3/c15-12-6-11(8-16)7-13(14(12)17)18-9-10-4-2-1-3-5-10/h1-8,17H,9H2. The molecule has 0 fully saturated rings. The van der Waals surface area contributed by atoms with E-state index in [4.69, 9.17) is 4.74 Å². The van der Waals surface area contributed by atoms with E-state index in [1.54, 1.807) is 0 Å². The number of halogens is 1. The molecule has 0 radical (unpaired) electrons. The normalized spacial score (nSPS) is 10.1. The second-order valence-electron chi connectivity index (χ2n) is 3.74. The van der Waals surface area contributed by atoms with Gasteiger partial charge in [-0.3, -0.25) is 4.79 Å². The van der Waals surface area contributed by atoms with Crippen LogP contribution in [0.2, 0.25) is 0 Å². The van der Waals surface area contributed by atoms with Gasteiger partial charge in [-0.2, -0.15) is 0 Å². The van der Waals surface area contributed by atoms with E-state index in [-0.39, 0.29) is 11.5 Å². The van der Waals surface area contributed by atoms with Gasteiger partial charge in [0.1, 0.15) is 12.9 Å². The van der Waals surface area contributed by atoms with Crippen LogP contribution in [0.3, 0.4) is 0 Å². The smallest absolute Gasteiger partial charge is 0.172 e. The molecule has 0 bridgehead atoms. The van der Waals surface area contributed by atoms with Crippen molar-refractivity contribution in [3.05, 3.63) is 58.1 Å². The molecule has 0 saturated heterocycles. The van der Waals surface area contributed by atoms with Crippen LogP contribution in [0.4, 0.5) is 0 Å². The third kappa shape index (κ3) is 2.90. The van der Waals surface area contributed by atoms with Crippen LogP contribution in [0, 0.1) is 0 Å². The van der Waals surface area contributed by atoms with Crippen LogP contribution >= 0.6 is 15.9 Å². The summed E-state index contributed by atoms with van der Waals surface area (Å²) in [5.74, 6) is 0.284. The van der Waals surface area contributed by atoms with Gasteiger partial charge in [-0.25, -0.2) is 0 Å². The molecule has 0 heterocycles. The Balaban J connectivity index is 2.19. The fourth-order valence-corrected chi connectivity index (χ4v) is 1.97. The summed E-state index contributed by atoms with van der Waals surface area (Å²) in [4.78, 5) is 10.7. The van der Waals surface area contributed by atoms with Crippen molar-refractivity contribution >= 4 is 22.2 Å². The molecule has 0 spiro atoms. The van der Waals surface area contributed by atoms with Crippen molar-refractivity contribution < 1.29 is 14.6 Å². The predicted molar refractivity (Wildman–Crippen MR) is 72.0 cm³/mol. The Labute approximate surface area is 113 Å². The first-order chi connectivity index (χ1) is 8.70. The third-order valence-electron chi connectivity index (χ3n) is 2.42. The highest BCUT2D eigenvalue weighted by atomic mass is 79.9. The second-order valence-corrected chi connectivity index (χ2v) is 4.60.